The minimum absolute atomic E-state index is 0.0127. The van der Waals surface area contributed by atoms with E-state index >= 15 is 0 Å². The zero-order chi connectivity index (χ0) is 12.3. The molecule has 0 aliphatic rings. The Morgan fingerprint density at radius 2 is 2.00 bits per heavy atom. The highest BCUT2D eigenvalue weighted by Crippen LogP contribution is 2.22. The van der Waals surface area contributed by atoms with Gasteiger partial charge in [-0.05, 0) is 38.0 Å². The van der Waals surface area contributed by atoms with E-state index in [1.807, 2.05) is 32.0 Å². The van der Waals surface area contributed by atoms with Gasteiger partial charge in [-0.15, -0.1) is 0 Å². The van der Waals surface area contributed by atoms with Crippen LogP contribution in [0.1, 0.15) is 31.0 Å². The summed E-state index contributed by atoms with van der Waals surface area (Å²) in [7, 11) is 0. The smallest absolute Gasteiger partial charge is 0.258 e. The van der Waals surface area contributed by atoms with Crippen LogP contribution in [-0.2, 0) is 4.79 Å². The second-order valence-corrected chi connectivity index (χ2v) is 3.98. The normalized spacial score (nSPS) is 14.2. The Morgan fingerprint density at radius 1 is 1.38 bits per heavy atom. The summed E-state index contributed by atoms with van der Waals surface area (Å²) in [6.45, 7) is 5.46. The number of primary amides is 1. The van der Waals surface area contributed by atoms with Gasteiger partial charge in [0.05, 0.1) is 0 Å². The molecule has 0 saturated heterocycles. The van der Waals surface area contributed by atoms with Gasteiger partial charge < -0.3 is 16.2 Å². The number of ether oxygens (including phenoxy) is 1. The van der Waals surface area contributed by atoms with Gasteiger partial charge in [-0.1, -0.05) is 12.1 Å². The molecule has 4 N–H and O–H groups in total. The lowest BCUT2D eigenvalue weighted by atomic mass is 10.1. The third kappa shape index (κ3) is 2.97. The van der Waals surface area contributed by atoms with Crippen molar-refractivity contribution in [2.45, 2.75) is 32.9 Å². The number of carbonyl (C=O) groups is 1. The maximum absolute atomic E-state index is 10.9. The first-order valence-electron chi connectivity index (χ1n) is 5.24. The average Bonchev–Trinajstić information content (AvgIpc) is 2.20. The van der Waals surface area contributed by atoms with Crippen molar-refractivity contribution < 1.29 is 9.53 Å². The van der Waals surface area contributed by atoms with Gasteiger partial charge in [0.15, 0.2) is 6.10 Å². The van der Waals surface area contributed by atoms with Crippen LogP contribution in [0.5, 0.6) is 5.75 Å². The summed E-state index contributed by atoms with van der Waals surface area (Å²) in [5.74, 6) is 0.186. The molecule has 0 aliphatic carbocycles. The highest BCUT2D eigenvalue weighted by Gasteiger charge is 2.12. The molecule has 16 heavy (non-hydrogen) atoms. The number of aryl methyl sites for hydroxylation is 1. The summed E-state index contributed by atoms with van der Waals surface area (Å²) < 4.78 is 5.43. The van der Waals surface area contributed by atoms with Crippen molar-refractivity contribution in [3.05, 3.63) is 29.3 Å². The topological polar surface area (TPSA) is 78.3 Å². The summed E-state index contributed by atoms with van der Waals surface area (Å²) in [5.41, 5.74) is 12.9. The quantitative estimate of drug-likeness (QED) is 0.805. The van der Waals surface area contributed by atoms with Gasteiger partial charge in [0.2, 0.25) is 0 Å². The van der Waals surface area contributed by atoms with E-state index in [4.69, 9.17) is 16.2 Å². The Labute approximate surface area is 95.6 Å². The standard InChI is InChI=1S/C12H18N2O2/c1-7-6-10(8(2)13)4-5-11(7)16-9(3)12(14)15/h4-6,8-9H,13H2,1-3H3,(H2,14,15)/t8-,9?/m0/s1. The number of hydrogen-bond donors (Lipinski definition) is 2. The van der Waals surface area contributed by atoms with Crippen LogP contribution in [0.2, 0.25) is 0 Å². The SMILES string of the molecule is Cc1cc([C@H](C)N)ccc1OC(C)C(N)=O. The van der Waals surface area contributed by atoms with E-state index < -0.39 is 12.0 Å². The Hall–Kier alpha value is -1.55. The van der Waals surface area contributed by atoms with E-state index in [0.29, 0.717) is 5.75 Å². The molecule has 1 aromatic carbocycles. The average molecular weight is 222 g/mol. The first kappa shape index (κ1) is 12.5. The zero-order valence-corrected chi connectivity index (χ0v) is 9.86. The van der Waals surface area contributed by atoms with Crippen LogP contribution in [0.25, 0.3) is 0 Å². The number of nitrogens with two attached hydrogens (primary N) is 2. The Bertz CT molecular complexity index is 389. The monoisotopic (exact) mass is 222 g/mol. The number of amides is 1. The molecule has 2 atom stereocenters. The van der Waals surface area contributed by atoms with E-state index in [1.165, 1.54) is 0 Å². The number of benzene rings is 1. The summed E-state index contributed by atoms with van der Waals surface area (Å²) in [5, 5.41) is 0. The van der Waals surface area contributed by atoms with Crippen molar-refractivity contribution in [2.24, 2.45) is 11.5 Å². The number of rotatable bonds is 4. The van der Waals surface area contributed by atoms with Gasteiger partial charge in [-0.2, -0.15) is 0 Å². The highest BCUT2D eigenvalue weighted by atomic mass is 16.5. The first-order valence-corrected chi connectivity index (χ1v) is 5.24. The molecule has 4 nitrogen and oxygen atoms in total. The minimum atomic E-state index is -0.625. The Morgan fingerprint density at radius 3 is 2.44 bits per heavy atom. The summed E-state index contributed by atoms with van der Waals surface area (Å²) in [6, 6.07) is 5.64. The van der Waals surface area contributed by atoms with Gasteiger partial charge in [-0.25, -0.2) is 0 Å². The van der Waals surface area contributed by atoms with E-state index in [0.717, 1.165) is 11.1 Å². The van der Waals surface area contributed by atoms with Gasteiger partial charge in [-0.3, -0.25) is 4.79 Å². The second-order valence-electron chi connectivity index (χ2n) is 3.98. The molecule has 0 aliphatic heterocycles. The summed E-state index contributed by atoms with van der Waals surface area (Å²) >= 11 is 0. The fourth-order valence-corrected chi connectivity index (χ4v) is 1.34. The molecule has 0 bridgehead atoms. The van der Waals surface area contributed by atoms with Crippen LogP contribution in [0.15, 0.2) is 18.2 Å². The molecule has 1 aromatic rings. The second kappa shape index (κ2) is 4.99. The molecule has 88 valence electrons. The third-order valence-electron chi connectivity index (χ3n) is 2.43. The number of carbonyl (C=O) groups excluding carboxylic acids is 1. The van der Waals surface area contributed by atoms with Crippen molar-refractivity contribution in [3.63, 3.8) is 0 Å². The molecule has 0 radical (unpaired) electrons. The lowest BCUT2D eigenvalue weighted by Gasteiger charge is -2.15. The molecular weight excluding hydrogens is 204 g/mol. The largest absolute Gasteiger partial charge is 0.481 e. The van der Waals surface area contributed by atoms with Crippen LogP contribution >= 0.6 is 0 Å². The van der Waals surface area contributed by atoms with Crippen molar-refractivity contribution in [1.82, 2.24) is 0 Å². The Kier molecular flexibility index (Phi) is 3.90. The van der Waals surface area contributed by atoms with Crippen molar-refractivity contribution >= 4 is 5.91 Å². The van der Waals surface area contributed by atoms with Crippen LogP contribution in [-0.4, -0.2) is 12.0 Å². The molecule has 4 heteroatoms. The van der Waals surface area contributed by atoms with Gasteiger partial charge in [0.25, 0.3) is 5.91 Å². The molecule has 1 unspecified atom stereocenters. The van der Waals surface area contributed by atoms with E-state index in [-0.39, 0.29) is 6.04 Å². The van der Waals surface area contributed by atoms with Crippen molar-refractivity contribution in [1.29, 1.82) is 0 Å². The highest BCUT2D eigenvalue weighted by molar-refractivity contribution is 5.78. The molecular formula is C12H18N2O2. The first-order chi connectivity index (χ1) is 7.41. The molecule has 0 aromatic heterocycles. The maximum Gasteiger partial charge on any atom is 0.258 e. The van der Waals surface area contributed by atoms with Crippen molar-refractivity contribution in [2.75, 3.05) is 0 Å². The summed E-state index contributed by atoms with van der Waals surface area (Å²) in [6.07, 6.45) is -0.625. The Balaban J connectivity index is 2.87. The molecule has 0 fully saturated rings. The fourth-order valence-electron chi connectivity index (χ4n) is 1.34. The predicted octanol–water partition coefficient (Wildman–Crippen LogP) is 1.27. The van der Waals surface area contributed by atoms with E-state index in [2.05, 4.69) is 0 Å². The van der Waals surface area contributed by atoms with Gasteiger partial charge in [0.1, 0.15) is 5.75 Å². The third-order valence-corrected chi connectivity index (χ3v) is 2.43. The molecule has 1 rings (SSSR count). The van der Waals surface area contributed by atoms with Crippen molar-refractivity contribution in [3.8, 4) is 5.75 Å². The lowest BCUT2D eigenvalue weighted by Crippen LogP contribution is -2.30. The van der Waals surface area contributed by atoms with Crippen LogP contribution in [0, 0.1) is 6.92 Å². The zero-order valence-electron chi connectivity index (χ0n) is 9.86. The van der Waals surface area contributed by atoms with Gasteiger partial charge >= 0.3 is 0 Å². The summed E-state index contributed by atoms with van der Waals surface area (Å²) in [4.78, 5) is 10.9. The number of hydrogen-bond acceptors (Lipinski definition) is 3. The van der Waals surface area contributed by atoms with Gasteiger partial charge in [0, 0.05) is 6.04 Å². The molecule has 1 amide bonds. The molecule has 0 saturated carbocycles. The molecule has 0 heterocycles. The minimum Gasteiger partial charge on any atom is -0.481 e. The van der Waals surface area contributed by atoms with Crippen LogP contribution in [0.4, 0.5) is 0 Å². The van der Waals surface area contributed by atoms with Crippen LogP contribution in [0.3, 0.4) is 0 Å². The maximum atomic E-state index is 10.9. The van der Waals surface area contributed by atoms with E-state index in [1.54, 1.807) is 6.92 Å². The fraction of sp³-hybridized carbons (Fsp3) is 0.417. The lowest BCUT2D eigenvalue weighted by molar-refractivity contribution is -0.123. The molecule has 0 spiro atoms. The van der Waals surface area contributed by atoms with Crippen LogP contribution < -0.4 is 16.2 Å². The van der Waals surface area contributed by atoms with E-state index in [9.17, 15) is 4.79 Å². The predicted molar refractivity (Wildman–Crippen MR) is 63.1 cm³/mol.